The summed E-state index contributed by atoms with van der Waals surface area (Å²) in [6.45, 7) is 3.92. The molecule has 29 heavy (non-hydrogen) atoms. The van der Waals surface area contributed by atoms with Gasteiger partial charge in [0.15, 0.2) is 5.96 Å². The number of amides is 2. The third-order valence-electron chi connectivity index (χ3n) is 5.05. The van der Waals surface area contributed by atoms with E-state index >= 15 is 0 Å². The van der Waals surface area contributed by atoms with Gasteiger partial charge in [0.1, 0.15) is 0 Å². The summed E-state index contributed by atoms with van der Waals surface area (Å²) in [6.07, 6.45) is 7.08. The molecule has 7 heteroatoms. The summed E-state index contributed by atoms with van der Waals surface area (Å²) in [4.78, 5) is 28.4. The number of aliphatic imine (C=N–C) groups is 1. The molecular weight excluding hydrogens is 366 g/mol. The predicted octanol–water partition coefficient (Wildman–Crippen LogP) is 1.98. The van der Waals surface area contributed by atoms with E-state index in [2.05, 4.69) is 26.3 Å². The molecule has 1 aliphatic rings. The van der Waals surface area contributed by atoms with Crippen molar-refractivity contribution in [2.45, 2.75) is 57.9 Å². The number of benzene rings is 1. The molecule has 0 aliphatic heterocycles. The van der Waals surface area contributed by atoms with Gasteiger partial charge in [-0.2, -0.15) is 0 Å². The molecule has 0 unspecified atom stereocenters. The molecule has 7 nitrogen and oxygen atoms in total. The van der Waals surface area contributed by atoms with E-state index in [0.717, 1.165) is 31.4 Å². The van der Waals surface area contributed by atoms with E-state index in [9.17, 15) is 9.59 Å². The standard InChI is InChI=1S/C22H35N5O2/c1-3-24-22(26-15-13-20(28)27-19-10-5-4-6-11-19)25-14-12-17-8-7-9-18(16-17)21(29)23-2/h7-9,16,19H,3-6,10-15H2,1-2H3,(H,23,29)(H,27,28)(H2,24,25,26). The zero-order valence-electron chi connectivity index (χ0n) is 17.7. The van der Waals surface area contributed by atoms with Crippen LogP contribution < -0.4 is 21.3 Å². The summed E-state index contributed by atoms with van der Waals surface area (Å²) in [6, 6.07) is 7.95. The van der Waals surface area contributed by atoms with Crippen molar-refractivity contribution < 1.29 is 9.59 Å². The zero-order valence-corrected chi connectivity index (χ0v) is 17.7. The summed E-state index contributed by atoms with van der Waals surface area (Å²) in [5.74, 6) is 0.712. The highest BCUT2D eigenvalue weighted by Crippen LogP contribution is 2.17. The molecule has 1 aliphatic carbocycles. The van der Waals surface area contributed by atoms with E-state index in [0.29, 0.717) is 37.1 Å². The third-order valence-corrected chi connectivity index (χ3v) is 5.05. The molecule has 0 atom stereocenters. The predicted molar refractivity (Wildman–Crippen MR) is 117 cm³/mol. The molecule has 1 fully saturated rings. The number of hydrogen-bond donors (Lipinski definition) is 4. The molecule has 4 N–H and O–H groups in total. The van der Waals surface area contributed by atoms with Crippen LogP contribution in [0.2, 0.25) is 0 Å². The van der Waals surface area contributed by atoms with Gasteiger partial charge in [-0.05, 0) is 43.9 Å². The molecule has 2 amide bonds. The van der Waals surface area contributed by atoms with Crippen LogP contribution in [-0.2, 0) is 11.2 Å². The minimum atomic E-state index is -0.0822. The van der Waals surface area contributed by atoms with E-state index in [4.69, 9.17) is 0 Å². The first-order chi connectivity index (χ1) is 14.1. The lowest BCUT2D eigenvalue weighted by atomic mass is 9.95. The van der Waals surface area contributed by atoms with Gasteiger partial charge in [-0.15, -0.1) is 0 Å². The normalized spacial score (nSPS) is 14.9. The SMILES string of the molecule is CCNC(=NCCC(=O)NC1CCCCC1)NCCc1cccc(C(=O)NC)c1. The lowest BCUT2D eigenvalue weighted by Gasteiger charge is -2.22. The summed E-state index contributed by atoms with van der Waals surface area (Å²) < 4.78 is 0. The summed E-state index contributed by atoms with van der Waals surface area (Å²) >= 11 is 0. The number of carbonyl (C=O) groups excluding carboxylic acids is 2. The van der Waals surface area contributed by atoms with Gasteiger partial charge in [-0.3, -0.25) is 14.6 Å². The van der Waals surface area contributed by atoms with Crippen LogP contribution >= 0.6 is 0 Å². The Balaban J connectivity index is 1.75. The Labute approximate surface area is 174 Å². The second kappa shape index (κ2) is 12.8. The second-order valence-corrected chi connectivity index (χ2v) is 7.37. The fourth-order valence-electron chi connectivity index (χ4n) is 3.50. The molecule has 0 aromatic heterocycles. The van der Waals surface area contributed by atoms with Gasteiger partial charge in [0, 0.05) is 38.2 Å². The van der Waals surface area contributed by atoms with Crippen molar-refractivity contribution in [3.05, 3.63) is 35.4 Å². The molecule has 2 rings (SSSR count). The number of guanidine groups is 1. The molecule has 0 saturated heterocycles. The van der Waals surface area contributed by atoms with Crippen LogP contribution in [0.5, 0.6) is 0 Å². The van der Waals surface area contributed by atoms with Crippen molar-refractivity contribution in [3.63, 3.8) is 0 Å². The van der Waals surface area contributed by atoms with Crippen LogP contribution in [0.15, 0.2) is 29.3 Å². The summed E-state index contributed by atoms with van der Waals surface area (Å²) in [5.41, 5.74) is 1.75. The second-order valence-electron chi connectivity index (χ2n) is 7.37. The Morgan fingerprint density at radius 1 is 1.14 bits per heavy atom. The Hall–Kier alpha value is -2.57. The number of rotatable bonds is 9. The lowest BCUT2D eigenvalue weighted by Crippen LogP contribution is -2.39. The molecule has 1 aromatic rings. The van der Waals surface area contributed by atoms with E-state index in [1.165, 1.54) is 19.3 Å². The molecular formula is C22H35N5O2. The molecule has 0 radical (unpaired) electrons. The minimum Gasteiger partial charge on any atom is -0.357 e. The largest absolute Gasteiger partial charge is 0.357 e. The van der Waals surface area contributed by atoms with Crippen molar-refractivity contribution >= 4 is 17.8 Å². The van der Waals surface area contributed by atoms with Gasteiger partial charge in [0.25, 0.3) is 5.91 Å². The highest BCUT2D eigenvalue weighted by molar-refractivity contribution is 5.94. The van der Waals surface area contributed by atoms with Crippen LogP contribution in [-0.4, -0.2) is 50.5 Å². The van der Waals surface area contributed by atoms with Crippen molar-refractivity contribution in [1.29, 1.82) is 0 Å². The van der Waals surface area contributed by atoms with Gasteiger partial charge in [-0.1, -0.05) is 31.4 Å². The summed E-state index contributed by atoms with van der Waals surface area (Å²) in [7, 11) is 1.63. The zero-order chi connectivity index (χ0) is 20.9. The Kier molecular flexibility index (Phi) is 10.0. The van der Waals surface area contributed by atoms with Crippen molar-refractivity contribution in [1.82, 2.24) is 21.3 Å². The van der Waals surface area contributed by atoms with Gasteiger partial charge in [-0.25, -0.2) is 0 Å². The first kappa shape index (κ1) is 22.7. The van der Waals surface area contributed by atoms with E-state index in [1.807, 2.05) is 25.1 Å². The maximum atomic E-state index is 12.1. The smallest absolute Gasteiger partial charge is 0.251 e. The first-order valence-corrected chi connectivity index (χ1v) is 10.7. The lowest BCUT2D eigenvalue weighted by molar-refractivity contribution is -0.121. The average molecular weight is 402 g/mol. The highest BCUT2D eigenvalue weighted by Gasteiger charge is 2.15. The van der Waals surface area contributed by atoms with Gasteiger partial charge < -0.3 is 21.3 Å². The highest BCUT2D eigenvalue weighted by atomic mass is 16.2. The van der Waals surface area contributed by atoms with Crippen molar-refractivity contribution in [2.75, 3.05) is 26.7 Å². The van der Waals surface area contributed by atoms with E-state index in [1.54, 1.807) is 13.1 Å². The van der Waals surface area contributed by atoms with Gasteiger partial charge in [0.2, 0.25) is 5.91 Å². The Morgan fingerprint density at radius 2 is 1.93 bits per heavy atom. The van der Waals surface area contributed by atoms with E-state index < -0.39 is 0 Å². The first-order valence-electron chi connectivity index (χ1n) is 10.7. The van der Waals surface area contributed by atoms with Crippen LogP contribution in [0.25, 0.3) is 0 Å². The Bertz CT molecular complexity index is 684. The van der Waals surface area contributed by atoms with Crippen LogP contribution in [0.1, 0.15) is 61.4 Å². The van der Waals surface area contributed by atoms with E-state index in [-0.39, 0.29) is 11.8 Å². The quantitative estimate of drug-likeness (QED) is 0.376. The number of nitrogens with zero attached hydrogens (tertiary/aromatic N) is 1. The van der Waals surface area contributed by atoms with Gasteiger partial charge in [0.05, 0.1) is 6.54 Å². The van der Waals surface area contributed by atoms with Crippen LogP contribution in [0.4, 0.5) is 0 Å². The average Bonchev–Trinajstić information content (AvgIpc) is 2.74. The van der Waals surface area contributed by atoms with Crippen molar-refractivity contribution in [3.8, 4) is 0 Å². The molecule has 0 spiro atoms. The number of carbonyl (C=O) groups is 2. The van der Waals surface area contributed by atoms with Crippen LogP contribution in [0.3, 0.4) is 0 Å². The van der Waals surface area contributed by atoms with Crippen molar-refractivity contribution in [2.24, 2.45) is 4.99 Å². The maximum absolute atomic E-state index is 12.1. The summed E-state index contributed by atoms with van der Waals surface area (Å²) in [5, 5.41) is 12.3. The molecule has 0 bridgehead atoms. The topological polar surface area (TPSA) is 94.6 Å². The van der Waals surface area contributed by atoms with Gasteiger partial charge >= 0.3 is 0 Å². The maximum Gasteiger partial charge on any atom is 0.251 e. The van der Waals surface area contributed by atoms with Crippen LogP contribution in [0, 0.1) is 0 Å². The molecule has 160 valence electrons. The Morgan fingerprint density at radius 3 is 2.66 bits per heavy atom. The monoisotopic (exact) mass is 401 g/mol. The third kappa shape index (κ3) is 8.54. The molecule has 1 aromatic carbocycles. The fourth-order valence-corrected chi connectivity index (χ4v) is 3.50. The molecule has 1 saturated carbocycles. The molecule has 0 heterocycles. The number of nitrogens with one attached hydrogen (secondary N) is 4. The minimum absolute atomic E-state index is 0.0822. The number of hydrogen-bond acceptors (Lipinski definition) is 3. The fraction of sp³-hybridized carbons (Fsp3) is 0.591.